The maximum Gasteiger partial charge on any atom is 0.342 e. The minimum Gasteiger partial charge on any atom is -0.414 e. The van der Waals surface area contributed by atoms with Gasteiger partial charge in [0.15, 0.2) is 14.1 Å². The largest absolute Gasteiger partial charge is 0.414 e. The zero-order valence-electron chi connectivity index (χ0n) is 10.1. The van der Waals surface area contributed by atoms with Crippen LogP contribution in [0.3, 0.4) is 0 Å². The fourth-order valence-electron chi connectivity index (χ4n) is 1.32. The van der Waals surface area contributed by atoms with Crippen LogP contribution in [-0.4, -0.2) is 29.4 Å². The van der Waals surface area contributed by atoms with E-state index in [-0.39, 0.29) is 5.82 Å². The second kappa shape index (κ2) is 4.75. The number of nitro groups is 1. The van der Waals surface area contributed by atoms with Crippen LogP contribution in [0.25, 0.3) is 0 Å². The van der Waals surface area contributed by atoms with E-state index < -0.39 is 13.2 Å². The molecular weight excluding hydrogens is 226 g/mol. The zero-order chi connectivity index (χ0) is 12.3. The molecule has 0 saturated heterocycles. The Morgan fingerprint density at radius 1 is 1.56 bits per heavy atom. The first-order chi connectivity index (χ1) is 7.31. The van der Waals surface area contributed by atoms with E-state index in [0.717, 1.165) is 0 Å². The number of imidazole rings is 1. The summed E-state index contributed by atoms with van der Waals surface area (Å²) in [6.07, 6.45) is 1.28. The van der Waals surface area contributed by atoms with E-state index >= 15 is 0 Å². The molecule has 0 aliphatic rings. The Morgan fingerprint density at radius 3 is 2.69 bits per heavy atom. The van der Waals surface area contributed by atoms with Crippen molar-refractivity contribution in [2.75, 3.05) is 6.61 Å². The molecule has 0 spiro atoms. The van der Waals surface area contributed by atoms with Gasteiger partial charge in [0, 0.05) is 6.92 Å². The van der Waals surface area contributed by atoms with Gasteiger partial charge < -0.3 is 14.5 Å². The predicted molar refractivity (Wildman–Crippen MR) is 62.9 cm³/mol. The first-order valence-corrected chi connectivity index (χ1v) is 8.52. The SMILES string of the molecule is Cc1ncc([N+](=O)[O-])n1CCO[Si](C)(C)C. The standard InChI is InChI=1S/C9H17N3O3Si/c1-8-10-7-9(12(13)14)11(8)5-6-15-16(2,3)4/h7H,5-6H2,1-4H3. The van der Waals surface area contributed by atoms with Crippen LogP contribution in [0.1, 0.15) is 5.82 Å². The molecule has 1 aromatic rings. The summed E-state index contributed by atoms with van der Waals surface area (Å²) in [6.45, 7) is 8.98. The van der Waals surface area contributed by atoms with Crippen LogP contribution >= 0.6 is 0 Å². The molecular formula is C9H17N3O3Si. The van der Waals surface area contributed by atoms with Gasteiger partial charge in [-0.2, -0.15) is 0 Å². The van der Waals surface area contributed by atoms with E-state index in [2.05, 4.69) is 24.6 Å². The zero-order valence-corrected chi connectivity index (χ0v) is 11.1. The number of aryl methyl sites for hydroxylation is 1. The van der Waals surface area contributed by atoms with Crippen molar-refractivity contribution >= 4 is 14.1 Å². The lowest BCUT2D eigenvalue weighted by molar-refractivity contribution is -0.392. The Bertz CT molecular complexity index is 384. The molecule has 0 aromatic carbocycles. The first-order valence-electron chi connectivity index (χ1n) is 5.12. The van der Waals surface area contributed by atoms with Crippen LogP contribution in [0, 0.1) is 17.0 Å². The lowest BCUT2D eigenvalue weighted by atomic mass is 10.6. The molecule has 16 heavy (non-hydrogen) atoms. The molecule has 0 bridgehead atoms. The summed E-state index contributed by atoms with van der Waals surface area (Å²) >= 11 is 0. The van der Waals surface area contributed by atoms with Crippen molar-refractivity contribution in [2.45, 2.75) is 33.1 Å². The van der Waals surface area contributed by atoms with E-state index in [0.29, 0.717) is 19.0 Å². The summed E-state index contributed by atoms with van der Waals surface area (Å²) in [7, 11) is -1.56. The highest BCUT2D eigenvalue weighted by atomic mass is 28.4. The summed E-state index contributed by atoms with van der Waals surface area (Å²) in [5, 5.41) is 10.7. The van der Waals surface area contributed by atoms with Crippen LogP contribution < -0.4 is 0 Å². The molecule has 0 unspecified atom stereocenters. The molecule has 0 aliphatic carbocycles. The second-order valence-corrected chi connectivity index (χ2v) is 9.05. The van der Waals surface area contributed by atoms with Crippen LogP contribution in [-0.2, 0) is 11.0 Å². The topological polar surface area (TPSA) is 70.2 Å². The first kappa shape index (κ1) is 12.9. The van der Waals surface area contributed by atoms with Crippen molar-refractivity contribution in [1.29, 1.82) is 0 Å². The third-order valence-corrected chi connectivity index (χ3v) is 3.14. The second-order valence-electron chi connectivity index (χ2n) is 4.53. The Balaban J connectivity index is 2.66. The number of rotatable bonds is 5. The Kier molecular flexibility index (Phi) is 3.82. The Labute approximate surface area is 95.5 Å². The summed E-state index contributed by atoms with van der Waals surface area (Å²) < 4.78 is 7.23. The molecule has 0 N–H and O–H groups in total. The van der Waals surface area contributed by atoms with Gasteiger partial charge in [-0.05, 0) is 24.6 Å². The summed E-state index contributed by atoms with van der Waals surface area (Å²) in [5.41, 5.74) is 0. The normalized spacial score (nSPS) is 11.8. The maximum atomic E-state index is 10.7. The van der Waals surface area contributed by atoms with Crippen molar-refractivity contribution < 1.29 is 9.35 Å². The highest BCUT2D eigenvalue weighted by Gasteiger charge is 2.19. The van der Waals surface area contributed by atoms with Crippen molar-refractivity contribution in [3.63, 3.8) is 0 Å². The van der Waals surface area contributed by atoms with E-state index in [1.165, 1.54) is 6.20 Å². The van der Waals surface area contributed by atoms with E-state index in [4.69, 9.17) is 4.43 Å². The third-order valence-electron chi connectivity index (χ3n) is 2.07. The van der Waals surface area contributed by atoms with Gasteiger partial charge in [-0.25, -0.2) is 9.55 Å². The minimum absolute atomic E-state index is 0.0247. The number of hydrogen-bond donors (Lipinski definition) is 0. The number of hydrogen-bond acceptors (Lipinski definition) is 4. The summed E-state index contributed by atoms with van der Waals surface area (Å²) in [6, 6.07) is 0. The Morgan fingerprint density at radius 2 is 2.19 bits per heavy atom. The van der Waals surface area contributed by atoms with Gasteiger partial charge in [-0.15, -0.1) is 0 Å². The number of aromatic nitrogens is 2. The van der Waals surface area contributed by atoms with Crippen molar-refractivity contribution in [3.05, 3.63) is 22.1 Å². The lowest BCUT2D eigenvalue weighted by Gasteiger charge is -2.16. The summed E-state index contributed by atoms with van der Waals surface area (Å²) in [5.74, 6) is 0.669. The van der Waals surface area contributed by atoms with Crippen molar-refractivity contribution in [3.8, 4) is 0 Å². The molecule has 0 amide bonds. The predicted octanol–water partition coefficient (Wildman–Crippen LogP) is 1.95. The van der Waals surface area contributed by atoms with E-state index in [9.17, 15) is 10.1 Å². The average molecular weight is 243 g/mol. The Hall–Kier alpha value is -1.21. The van der Waals surface area contributed by atoms with Gasteiger partial charge in [0.2, 0.25) is 0 Å². The van der Waals surface area contributed by atoms with Crippen molar-refractivity contribution in [2.24, 2.45) is 0 Å². The lowest BCUT2D eigenvalue weighted by Crippen LogP contribution is -2.27. The highest BCUT2D eigenvalue weighted by Crippen LogP contribution is 2.13. The minimum atomic E-state index is -1.56. The van der Waals surface area contributed by atoms with Crippen LogP contribution in [0.4, 0.5) is 5.82 Å². The average Bonchev–Trinajstić information content (AvgIpc) is 2.46. The van der Waals surface area contributed by atoms with Crippen LogP contribution in [0.2, 0.25) is 19.6 Å². The molecule has 0 saturated carbocycles. The molecule has 90 valence electrons. The fraction of sp³-hybridized carbons (Fsp3) is 0.667. The molecule has 1 heterocycles. The maximum absolute atomic E-state index is 10.7. The molecule has 1 rings (SSSR count). The quantitative estimate of drug-likeness (QED) is 0.450. The monoisotopic (exact) mass is 243 g/mol. The summed E-state index contributed by atoms with van der Waals surface area (Å²) in [4.78, 5) is 14.2. The van der Waals surface area contributed by atoms with Gasteiger partial charge >= 0.3 is 5.82 Å². The highest BCUT2D eigenvalue weighted by molar-refractivity contribution is 6.69. The van der Waals surface area contributed by atoms with Gasteiger partial charge in [0.25, 0.3) is 0 Å². The molecule has 7 heteroatoms. The molecule has 0 radical (unpaired) electrons. The van der Waals surface area contributed by atoms with Crippen LogP contribution in [0.15, 0.2) is 6.20 Å². The fourth-order valence-corrected chi connectivity index (χ4v) is 2.03. The van der Waals surface area contributed by atoms with Gasteiger partial charge in [0.05, 0.1) is 6.61 Å². The van der Waals surface area contributed by atoms with E-state index in [1.807, 2.05) is 0 Å². The van der Waals surface area contributed by atoms with Gasteiger partial charge in [-0.1, -0.05) is 0 Å². The van der Waals surface area contributed by atoms with Crippen molar-refractivity contribution in [1.82, 2.24) is 9.55 Å². The third kappa shape index (κ3) is 3.42. The van der Waals surface area contributed by atoms with Gasteiger partial charge in [0.1, 0.15) is 12.7 Å². The molecule has 0 aliphatic heterocycles. The molecule has 0 fully saturated rings. The van der Waals surface area contributed by atoms with Gasteiger partial charge in [-0.3, -0.25) is 0 Å². The van der Waals surface area contributed by atoms with E-state index in [1.54, 1.807) is 11.5 Å². The smallest absolute Gasteiger partial charge is 0.342 e. The van der Waals surface area contributed by atoms with Crippen LogP contribution in [0.5, 0.6) is 0 Å². The molecule has 0 atom stereocenters. The number of nitrogens with zero attached hydrogens (tertiary/aromatic N) is 3. The molecule has 1 aromatic heterocycles. The molecule has 6 nitrogen and oxygen atoms in total.